The maximum absolute atomic E-state index is 13.1. The Bertz CT molecular complexity index is 1660. The number of nitrogens with zero attached hydrogens (tertiary/aromatic N) is 7. The van der Waals surface area contributed by atoms with E-state index in [0.717, 1.165) is 16.7 Å². The first-order valence-corrected chi connectivity index (χ1v) is 14.1. The number of amides is 1. The highest BCUT2D eigenvalue weighted by atomic mass is 32.2. The molecule has 1 aromatic carbocycles. The number of hydrogen-bond donors (Lipinski definition) is 1. The van der Waals surface area contributed by atoms with Gasteiger partial charge in [0.25, 0.3) is 15.9 Å². The van der Waals surface area contributed by atoms with E-state index in [1.165, 1.54) is 17.1 Å². The Morgan fingerprint density at radius 2 is 1.82 bits per heavy atom. The van der Waals surface area contributed by atoms with Gasteiger partial charge in [-0.25, -0.2) is 23.1 Å². The molecule has 1 N–H and O–H groups in total. The van der Waals surface area contributed by atoms with Crippen LogP contribution >= 0.6 is 0 Å². The normalized spacial score (nSPS) is 13.6. The van der Waals surface area contributed by atoms with Gasteiger partial charge < -0.3 is 14.5 Å². The van der Waals surface area contributed by atoms with Crippen LogP contribution in [0, 0.1) is 13.8 Å². The highest BCUT2D eigenvalue weighted by Gasteiger charge is 2.35. The molecule has 0 aliphatic carbocycles. The molecular weight excluding hydrogens is 532 g/mol. The molecule has 13 heteroatoms. The molecule has 1 aliphatic heterocycles. The number of aryl methyl sites for hydroxylation is 3. The summed E-state index contributed by atoms with van der Waals surface area (Å²) in [7, 11) is 1.32. The summed E-state index contributed by atoms with van der Waals surface area (Å²) in [6, 6.07) is 11.0. The minimum absolute atomic E-state index is 0.0146. The van der Waals surface area contributed by atoms with Crippen molar-refractivity contribution in [1.29, 1.82) is 0 Å². The number of hydrogen-bond acceptors (Lipinski definition) is 9. The average Bonchev–Trinajstić information content (AvgIpc) is 3.32. The fourth-order valence-corrected chi connectivity index (χ4v) is 5.46. The number of anilines is 2. The highest BCUT2D eigenvalue weighted by Crippen LogP contribution is 2.30. The van der Waals surface area contributed by atoms with Gasteiger partial charge in [0.05, 0.1) is 30.5 Å². The van der Waals surface area contributed by atoms with Crippen LogP contribution in [0.4, 0.5) is 11.8 Å². The van der Waals surface area contributed by atoms with Crippen LogP contribution in [0.2, 0.25) is 0 Å². The number of benzene rings is 1. The van der Waals surface area contributed by atoms with E-state index >= 15 is 0 Å². The molecule has 0 atom stereocenters. The minimum Gasteiger partial charge on any atom is -0.470 e. The molecule has 0 spiro atoms. The first-order valence-electron chi connectivity index (χ1n) is 12.6. The third-order valence-electron chi connectivity index (χ3n) is 6.52. The zero-order chi connectivity index (χ0) is 28.6. The molecule has 0 bridgehead atoms. The van der Waals surface area contributed by atoms with Crippen LogP contribution in [-0.4, -0.2) is 77.2 Å². The Morgan fingerprint density at radius 1 is 1.10 bits per heavy atom. The van der Waals surface area contributed by atoms with Crippen LogP contribution in [0.25, 0.3) is 11.3 Å². The summed E-state index contributed by atoms with van der Waals surface area (Å²) in [6.07, 6.45) is 3.96. The molecule has 40 heavy (non-hydrogen) atoms. The Hall–Kier alpha value is -4.52. The number of ether oxygens (including phenoxy) is 1. The molecule has 0 saturated carbocycles. The summed E-state index contributed by atoms with van der Waals surface area (Å²) >= 11 is 0. The van der Waals surface area contributed by atoms with Crippen molar-refractivity contribution in [3.05, 3.63) is 71.7 Å². The van der Waals surface area contributed by atoms with Gasteiger partial charge in [-0.05, 0) is 37.1 Å². The number of rotatable bonds is 8. The van der Waals surface area contributed by atoms with Crippen molar-refractivity contribution in [2.75, 3.05) is 36.8 Å². The predicted octanol–water partition coefficient (Wildman–Crippen LogP) is 2.66. The lowest BCUT2D eigenvalue weighted by Gasteiger charge is -2.39. The van der Waals surface area contributed by atoms with Gasteiger partial charge in [0.1, 0.15) is 16.8 Å². The second kappa shape index (κ2) is 10.6. The van der Waals surface area contributed by atoms with Crippen molar-refractivity contribution in [2.45, 2.75) is 24.8 Å². The largest absolute Gasteiger partial charge is 0.470 e. The van der Waals surface area contributed by atoms with E-state index in [1.54, 1.807) is 41.2 Å². The third kappa shape index (κ3) is 5.45. The van der Waals surface area contributed by atoms with Crippen LogP contribution in [0.5, 0.6) is 5.88 Å². The molecule has 1 saturated heterocycles. The van der Waals surface area contributed by atoms with E-state index in [4.69, 9.17) is 4.74 Å². The fraction of sp³-hybridized carbons (Fsp3) is 0.296. The number of pyridine rings is 1. The summed E-state index contributed by atoms with van der Waals surface area (Å²) in [6.45, 7) is 4.61. The van der Waals surface area contributed by atoms with Crippen LogP contribution in [0.1, 0.15) is 21.5 Å². The van der Waals surface area contributed by atoms with E-state index in [2.05, 4.69) is 24.8 Å². The van der Waals surface area contributed by atoms with Gasteiger partial charge in [-0.1, -0.05) is 18.2 Å². The molecular formula is C27H30N8O4S. The summed E-state index contributed by atoms with van der Waals surface area (Å²) in [5.41, 5.74) is 3.83. The Labute approximate surface area is 232 Å². The minimum atomic E-state index is -3.99. The first kappa shape index (κ1) is 27.1. The third-order valence-corrected chi connectivity index (χ3v) is 7.80. The van der Waals surface area contributed by atoms with Crippen molar-refractivity contribution in [3.63, 3.8) is 0 Å². The lowest BCUT2D eigenvalue weighted by molar-refractivity contribution is 0.0160. The van der Waals surface area contributed by atoms with Gasteiger partial charge in [0, 0.05) is 45.2 Å². The Balaban J connectivity index is 1.40. The lowest BCUT2D eigenvalue weighted by atomic mass is 10.00. The summed E-state index contributed by atoms with van der Waals surface area (Å²) in [4.78, 5) is 29.7. The van der Waals surface area contributed by atoms with Gasteiger partial charge >= 0.3 is 0 Å². The lowest BCUT2D eigenvalue weighted by Crippen LogP contribution is -2.56. The van der Waals surface area contributed by atoms with Gasteiger partial charge in [0.15, 0.2) is 0 Å². The number of sulfonamides is 1. The molecule has 4 aromatic rings. The van der Waals surface area contributed by atoms with Crippen molar-refractivity contribution in [2.24, 2.45) is 7.05 Å². The second-order valence-corrected chi connectivity index (χ2v) is 11.5. The molecule has 3 aromatic heterocycles. The Morgan fingerprint density at radius 3 is 2.48 bits per heavy atom. The molecule has 12 nitrogen and oxygen atoms in total. The van der Waals surface area contributed by atoms with Crippen LogP contribution < -0.4 is 14.4 Å². The molecule has 208 valence electrons. The molecule has 0 unspecified atom stereocenters. The topological polar surface area (TPSA) is 135 Å². The van der Waals surface area contributed by atoms with Crippen LogP contribution in [-0.2, 0) is 17.1 Å². The van der Waals surface area contributed by atoms with Gasteiger partial charge in [0.2, 0.25) is 11.8 Å². The van der Waals surface area contributed by atoms with E-state index < -0.39 is 10.0 Å². The average molecular weight is 563 g/mol. The number of carbonyl (C=O) groups excluding carboxylic acids is 1. The molecule has 1 amide bonds. The van der Waals surface area contributed by atoms with Crippen LogP contribution in [0.15, 0.2) is 59.9 Å². The van der Waals surface area contributed by atoms with Gasteiger partial charge in [-0.3, -0.25) is 9.48 Å². The van der Waals surface area contributed by atoms with Gasteiger partial charge in [-0.2, -0.15) is 10.1 Å². The van der Waals surface area contributed by atoms with Crippen molar-refractivity contribution in [1.82, 2.24) is 29.6 Å². The number of likely N-dealkylation sites (tertiary alicyclic amines) is 1. The van der Waals surface area contributed by atoms with Crippen molar-refractivity contribution in [3.8, 4) is 17.1 Å². The SMILES string of the molecule is Cc1cccc(C)c1-c1cc(OC2CN(C(=O)c3cccnc3N(C)C)C2)nc(NS(=O)(=O)c2cnn(C)c2)n1. The highest BCUT2D eigenvalue weighted by molar-refractivity contribution is 7.92. The maximum Gasteiger partial charge on any atom is 0.267 e. The fourth-order valence-electron chi connectivity index (χ4n) is 4.53. The maximum atomic E-state index is 13.1. The summed E-state index contributed by atoms with van der Waals surface area (Å²) < 4.78 is 36.0. The molecule has 1 aliphatic rings. The molecule has 5 rings (SSSR count). The second-order valence-electron chi connectivity index (χ2n) is 9.86. The number of nitrogens with one attached hydrogen (secondary N) is 1. The van der Waals surface area contributed by atoms with Crippen LogP contribution in [0.3, 0.4) is 0 Å². The zero-order valence-electron chi connectivity index (χ0n) is 22.9. The standard InChI is InChI=1S/C27H30N8O4S/c1-17-8-6-9-18(2)24(17)22-12-23(31-27(30-22)32-40(37,38)20-13-29-34(5)16-20)39-19-14-35(15-19)26(36)21-10-7-11-28-25(21)33(3)4/h6-13,16,19H,14-15H2,1-5H3,(H,30,31,32). The van der Waals surface area contributed by atoms with E-state index in [0.29, 0.717) is 30.2 Å². The molecule has 4 heterocycles. The zero-order valence-corrected chi connectivity index (χ0v) is 23.7. The number of carbonyl (C=O) groups is 1. The van der Waals surface area contributed by atoms with Gasteiger partial charge in [-0.15, -0.1) is 0 Å². The quantitative estimate of drug-likeness (QED) is 0.344. The Kier molecular flexibility index (Phi) is 7.15. The van der Waals surface area contributed by atoms with Crippen molar-refractivity contribution < 1.29 is 17.9 Å². The molecule has 1 fully saturated rings. The first-order chi connectivity index (χ1) is 19.0. The summed E-state index contributed by atoms with van der Waals surface area (Å²) in [5, 5.41) is 3.94. The van der Waals surface area contributed by atoms with E-state index in [1.807, 2.05) is 46.1 Å². The van der Waals surface area contributed by atoms with E-state index in [-0.39, 0.29) is 28.7 Å². The van der Waals surface area contributed by atoms with E-state index in [9.17, 15) is 13.2 Å². The summed E-state index contributed by atoms with van der Waals surface area (Å²) in [5.74, 6) is 0.526. The number of aromatic nitrogens is 5. The monoisotopic (exact) mass is 562 g/mol. The predicted molar refractivity (Wildman–Crippen MR) is 150 cm³/mol. The smallest absolute Gasteiger partial charge is 0.267 e. The van der Waals surface area contributed by atoms with Crippen molar-refractivity contribution >= 4 is 27.7 Å². The molecule has 0 radical (unpaired) electrons.